The van der Waals surface area contributed by atoms with Gasteiger partial charge in [0, 0.05) is 6.20 Å². The summed E-state index contributed by atoms with van der Waals surface area (Å²) in [7, 11) is 0. The molecule has 1 aliphatic heterocycles. The molecule has 1 aliphatic rings. The maximum atomic E-state index is 11.7. The third-order valence-corrected chi connectivity index (χ3v) is 2.56. The molecule has 0 saturated carbocycles. The molecule has 4 heteroatoms. The van der Waals surface area contributed by atoms with Crippen molar-refractivity contribution in [1.82, 2.24) is 9.96 Å². The van der Waals surface area contributed by atoms with E-state index in [-0.39, 0.29) is 5.91 Å². The zero-order valence-corrected chi connectivity index (χ0v) is 8.53. The molecular weight excluding hydrogens is 168 g/mol. The third-order valence-electron chi connectivity index (χ3n) is 2.56. The molecule has 0 radical (unpaired) electrons. The van der Waals surface area contributed by atoms with Crippen LogP contribution < -0.4 is 0 Å². The van der Waals surface area contributed by atoms with E-state index in [2.05, 4.69) is 6.58 Å². The van der Waals surface area contributed by atoms with E-state index in [0.29, 0.717) is 0 Å². The molecule has 0 spiro atoms. The highest BCUT2D eigenvalue weighted by Gasteiger charge is 2.55. The summed E-state index contributed by atoms with van der Waals surface area (Å²) >= 11 is 0. The first-order valence-electron chi connectivity index (χ1n) is 4.21. The van der Waals surface area contributed by atoms with Gasteiger partial charge in [0.15, 0.2) is 0 Å². The Balaban J connectivity index is 3.19. The normalized spacial score (nSPS) is 26.5. The minimum Gasteiger partial charge on any atom is -0.311 e. The maximum absolute atomic E-state index is 11.7. The molecule has 13 heavy (non-hydrogen) atoms. The highest BCUT2D eigenvalue weighted by atomic mass is 16.5. The lowest BCUT2D eigenvalue weighted by Gasteiger charge is -2.33. The van der Waals surface area contributed by atoms with Crippen molar-refractivity contribution in [2.75, 3.05) is 0 Å². The van der Waals surface area contributed by atoms with Crippen LogP contribution in [0.1, 0.15) is 27.7 Å². The van der Waals surface area contributed by atoms with E-state index in [4.69, 9.17) is 0 Å². The van der Waals surface area contributed by atoms with Gasteiger partial charge in [0.1, 0.15) is 11.2 Å². The van der Waals surface area contributed by atoms with Crippen molar-refractivity contribution in [3.05, 3.63) is 12.8 Å². The molecule has 1 fully saturated rings. The average molecular weight is 184 g/mol. The Bertz CT molecular complexity index is 258. The first kappa shape index (κ1) is 10.2. The smallest absolute Gasteiger partial charge is 0.250 e. The molecule has 0 bridgehead atoms. The number of hydrogen-bond donors (Lipinski definition) is 1. The van der Waals surface area contributed by atoms with Gasteiger partial charge in [0.25, 0.3) is 0 Å². The van der Waals surface area contributed by atoms with Crippen molar-refractivity contribution in [3.8, 4) is 0 Å². The second kappa shape index (κ2) is 2.56. The molecule has 1 amide bonds. The molecule has 74 valence electrons. The Morgan fingerprint density at radius 3 is 2.00 bits per heavy atom. The van der Waals surface area contributed by atoms with Gasteiger partial charge < -0.3 is 5.21 Å². The number of amides is 1. The molecule has 1 N–H and O–H groups in total. The van der Waals surface area contributed by atoms with Crippen molar-refractivity contribution in [2.24, 2.45) is 0 Å². The number of nitrogens with zero attached hydrogens (tertiary/aromatic N) is 2. The summed E-state index contributed by atoms with van der Waals surface area (Å²) < 4.78 is 0. The van der Waals surface area contributed by atoms with Crippen LogP contribution in [0.5, 0.6) is 0 Å². The Labute approximate surface area is 78.4 Å². The Morgan fingerprint density at radius 1 is 1.38 bits per heavy atom. The van der Waals surface area contributed by atoms with Crippen LogP contribution in [0.3, 0.4) is 0 Å². The average Bonchev–Trinajstić information content (AvgIpc) is 2.12. The van der Waals surface area contributed by atoms with Gasteiger partial charge in [-0.25, -0.2) is 0 Å². The summed E-state index contributed by atoms with van der Waals surface area (Å²) in [5, 5.41) is 10.8. The molecule has 4 nitrogen and oxygen atoms in total. The van der Waals surface area contributed by atoms with E-state index in [1.165, 1.54) is 11.1 Å². The minimum absolute atomic E-state index is 0.144. The highest BCUT2D eigenvalue weighted by molar-refractivity contribution is 5.89. The van der Waals surface area contributed by atoms with Gasteiger partial charge in [-0.15, -0.1) is 0 Å². The SMILES string of the molecule is C=CN1C(=O)C(C)(C)N(O)C1(C)C. The first-order valence-corrected chi connectivity index (χ1v) is 4.21. The molecule has 0 aromatic rings. The lowest BCUT2D eigenvalue weighted by Crippen LogP contribution is -2.49. The quantitative estimate of drug-likeness (QED) is 0.665. The minimum atomic E-state index is -0.877. The molecule has 1 heterocycles. The van der Waals surface area contributed by atoms with Gasteiger partial charge in [-0.05, 0) is 27.7 Å². The summed E-state index contributed by atoms with van der Waals surface area (Å²) in [4.78, 5) is 13.2. The van der Waals surface area contributed by atoms with Gasteiger partial charge >= 0.3 is 0 Å². The van der Waals surface area contributed by atoms with E-state index in [9.17, 15) is 10.0 Å². The predicted molar refractivity (Wildman–Crippen MR) is 48.8 cm³/mol. The molecular formula is C9H16N2O2. The fourth-order valence-electron chi connectivity index (χ4n) is 1.73. The highest BCUT2D eigenvalue weighted by Crippen LogP contribution is 2.36. The van der Waals surface area contributed by atoms with Crippen LogP contribution in [0.15, 0.2) is 12.8 Å². The van der Waals surface area contributed by atoms with Gasteiger partial charge in [-0.3, -0.25) is 9.69 Å². The van der Waals surface area contributed by atoms with E-state index in [0.717, 1.165) is 5.06 Å². The molecule has 0 aromatic carbocycles. The van der Waals surface area contributed by atoms with Crippen LogP contribution in [-0.2, 0) is 4.79 Å². The van der Waals surface area contributed by atoms with Crippen molar-refractivity contribution in [2.45, 2.75) is 38.9 Å². The molecule has 0 aliphatic carbocycles. The lowest BCUT2D eigenvalue weighted by molar-refractivity contribution is -0.205. The van der Waals surface area contributed by atoms with Gasteiger partial charge in [0.2, 0.25) is 5.91 Å². The van der Waals surface area contributed by atoms with Crippen molar-refractivity contribution in [3.63, 3.8) is 0 Å². The fourth-order valence-corrected chi connectivity index (χ4v) is 1.73. The van der Waals surface area contributed by atoms with Crippen LogP contribution in [0.25, 0.3) is 0 Å². The first-order chi connectivity index (χ1) is 5.76. The standard InChI is InChI=1S/C9H16N2O2/c1-6-10-7(12)8(2,3)11(13)9(10,4)5/h6,13H,1H2,2-5H3. The summed E-state index contributed by atoms with van der Waals surface area (Å²) in [6.07, 6.45) is 1.44. The monoisotopic (exact) mass is 184 g/mol. The summed E-state index contributed by atoms with van der Waals surface area (Å²) in [6.45, 7) is 10.4. The number of carbonyl (C=O) groups excluding carboxylic acids is 1. The predicted octanol–water partition coefficient (Wildman–Crippen LogP) is 1.18. The number of hydroxylamine groups is 2. The zero-order valence-electron chi connectivity index (χ0n) is 8.53. The van der Waals surface area contributed by atoms with Crippen molar-refractivity contribution < 1.29 is 10.0 Å². The summed E-state index contributed by atoms with van der Waals surface area (Å²) in [5.41, 5.74) is -1.60. The number of carbonyl (C=O) groups is 1. The van der Waals surface area contributed by atoms with Gasteiger partial charge in [0.05, 0.1) is 0 Å². The Kier molecular flexibility index (Phi) is 2.01. The van der Waals surface area contributed by atoms with Gasteiger partial charge in [-0.1, -0.05) is 6.58 Å². The Morgan fingerprint density at radius 2 is 1.85 bits per heavy atom. The molecule has 1 rings (SSSR count). The van der Waals surface area contributed by atoms with Crippen LogP contribution >= 0.6 is 0 Å². The van der Waals surface area contributed by atoms with Crippen LogP contribution in [0.2, 0.25) is 0 Å². The topological polar surface area (TPSA) is 43.8 Å². The molecule has 0 unspecified atom stereocenters. The summed E-state index contributed by atoms with van der Waals surface area (Å²) in [5.74, 6) is -0.144. The zero-order chi connectivity index (χ0) is 10.4. The summed E-state index contributed by atoms with van der Waals surface area (Å²) in [6, 6.07) is 0. The van der Waals surface area contributed by atoms with E-state index < -0.39 is 11.2 Å². The van der Waals surface area contributed by atoms with Crippen molar-refractivity contribution >= 4 is 5.91 Å². The number of hydrogen-bond acceptors (Lipinski definition) is 3. The van der Waals surface area contributed by atoms with Crippen molar-refractivity contribution in [1.29, 1.82) is 0 Å². The van der Waals surface area contributed by atoms with Crippen LogP contribution in [-0.4, -0.2) is 32.3 Å². The second-order valence-electron chi connectivity index (χ2n) is 4.22. The largest absolute Gasteiger partial charge is 0.311 e. The van der Waals surface area contributed by atoms with E-state index >= 15 is 0 Å². The fraction of sp³-hybridized carbons (Fsp3) is 0.667. The second-order valence-corrected chi connectivity index (χ2v) is 4.22. The molecule has 1 saturated heterocycles. The van der Waals surface area contributed by atoms with Crippen LogP contribution in [0.4, 0.5) is 0 Å². The number of rotatable bonds is 1. The maximum Gasteiger partial charge on any atom is 0.250 e. The molecule has 0 atom stereocenters. The Hall–Kier alpha value is -0.870. The lowest BCUT2D eigenvalue weighted by atomic mass is 10.1. The third kappa shape index (κ3) is 1.09. The van der Waals surface area contributed by atoms with E-state index in [1.54, 1.807) is 27.7 Å². The van der Waals surface area contributed by atoms with Gasteiger partial charge in [-0.2, -0.15) is 5.06 Å². The van der Waals surface area contributed by atoms with E-state index in [1.807, 2.05) is 0 Å². The molecule has 0 aromatic heterocycles. The van der Waals surface area contributed by atoms with Crippen LogP contribution in [0, 0.1) is 0 Å².